The zero-order chi connectivity index (χ0) is 13.0. The van der Waals surface area contributed by atoms with E-state index in [1.54, 1.807) is 12.4 Å². The quantitative estimate of drug-likeness (QED) is 0.870. The maximum Gasteiger partial charge on any atom is 0.208 e. The summed E-state index contributed by atoms with van der Waals surface area (Å²) in [5.41, 5.74) is 0.959. The molecule has 0 radical (unpaired) electrons. The molecular formula is C12H13Br2N3O. The van der Waals surface area contributed by atoms with Crippen molar-refractivity contribution in [3.8, 4) is 0 Å². The van der Waals surface area contributed by atoms with Crippen molar-refractivity contribution in [3.05, 3.63) is 44.8 Å². The topological polar surface area (TPSA) is 51.0 Å². The molecule has 0 aliphatic carbocycles. The first-order valence-corrected chi connectivity index (χ1v) is 7.22. The predicted octanol–water partition coefficient (Wildman–Crippen LogP) is 3.45. The van der Waals surface area contributed by atoms with Crippen LogP contribution in [0.2, 0.25) is 0 Å². The first kappa shape index (κ1) is 13.7. The Hall–Kier alpha value is -0.720. The zero-order valence-electron chi connectivity index (χ0n) is 9.91. The maximum absolute atomic E-state index is 5.51. The number of aromatic nitrogens is 2. The molecule has 0 aromatic carbocycles. The molecule has 2 aromatic rings. The van der Waals surface area contributed by atoms with E-state index in [-0.39, 0.29) is 0 Å². The molecule has 96 valence electrons. The fourth-order valence-electron chi connectivity index (χ4n) is 1.45. The Kier molecular flexibility index (Phi) is 4.91. The standard InChI is InChI=1S/C12H13Br2N3O/c1-2-9-5-17-12(18-9)7-15-6-11-10(14)3-8(13)4-16-11/h3-5,15H,2,6-7H2,1H3. The van der Waals surface area contributed by atoms with E-state index in [1.165, 1.54) is 0 Å². The van der Waals surface area contributed by atoms with Gasteiger partial charge in [-0.15, -0.1) is 0 Å². The van der Waals surface area contributed by atoms with Crippen LogP contribution in [-0.2, 0) is 19.5 Å². The summed E-state index contributed by atoms with van der Waals surface area (Å²) < 4.78 is 7.44. The molecule has 0 aliphatic rings. The molecule has 0 aliphatic heterocycles. The third kappa shape index (κ3) is 3.63. The van der Waals surface area contributed by atoms with Gasteiger partial charge in [0.05, 0.1) is 18.4 Å². The van der Waals surface area contributed by atoms with Gasteiger partial charge < -0.3 is 9.73 Å². The van der Waals surface area contributed by atoms with Crippen molar-refractivity contribution in [3.63, 3.8) is 0 Å². The Balaban J connectivity index is 1.88. The predicted molar refractivity (Wildman–Crippen MR) is 76.1 cm³/mol. The lowest BCUT2D eigenvalue weighted by Crippen LogP contribution is -2.14. The molecule has 0 atom stereocenters. The van der Waals surface area contributed by atoms with Crippen molar-refractivity contribution in [1.29, 1.82) is 0 Å². The number of hydrogen-bond acceptors (Lipinski definition) is 4. The molecule has 0 bridgehead atoms. The highest BCUT2D eigenvalue weighted by atomic mass is 79.9. The summed E-state index contributed by atoms with van der Waals surface area (Å²) >= 11 is 6.85. The number of rotatable bonds is 5. The minimum atomic E-state index is 0.601. The molecule has 0 saturated carbocycles. The zero-order valence-corrected chi connectivity index (χ0v) is 13.1. The van der Waals surface area contributed by atoms with Crippen LogP contribution in [-0.4, -0.2) is 9.97 Å². The molecule has 2 aromatic heterocycles. The van der Waals surface area contributed by atoms with Gasteiger partial charge in [-0.05, 0) is 37.9 Å². The maximum atomic E-state index is 5.51. The average molecular weight is 375 g/mol. The molecule has 6 heteroatoms. The molecule has 0 saturated heterocycles. The van der Waals surface area contributed by atoms with Gasteiger partial charge in [0.15, 0.2) is 0 Å². The van der Waals surface area contributed by atoms with Crippen LogP contribution in [0.25, 0.3) is 0 Å². The number of nitrogens with zero attached hydrogens (tertiary/aromatic N) is 2. The summed E-state index contributed by atoms with van der Waals surface area (Å²) in [6.45, 7) is 3.31. The minimum absolute atomic E-state index is 0.601. The average Bonchev–Trinajstić information content (AvgIpc) is 2.80. The van der Waals surface area contributed by atoms with E-state index in [1.807, 2.05) is 13.0 Å². The van der Waals surface area contributed by atoms with Gasteiger partial charge in [-0.3, -0.25) is 4.98 Å². The highest BCUT2D eigenvalue weighted by molar-refractivity contribution is 9.11. The van der Waals surface area contributed by atoms with E-state index in [2.05, 4.69) is 47.1 Å². The number of nitrogens with one attached hydrogen (secondary N) is 1. The van der Waals surface area contributed by atoms with E-state index >= 15 is 0 Å². The SMILES string of the molecule is CCc1cnc(CNCc2ncc(Br)cc2Br)o1. The molecule has 0 amide bonds. The van der Waals surface area contributed by atoms with E-state index in [4.69, 9.17) is 4.42 Å². The Morgan fingerprint density at radius 2 is 2.06 bits per heavy atom. The van der Waals surface area contributed by atoms with Crippen LogP contribution in [0, 0.1) is 0 Å². The van der Waals surface area contributed by atoms with Crippen molar-refractivity contribution < 1.29 is 4.42 Å². The van der Waals surface area contributed by atoms with Crippen LogP contribution in [0.3, 0.4) is 0 Å². The van der Waals surface area contributed by atoms with Gasteiger partial charge in [0.25, 0.3) is 0 Å². The second kappa shape index (κ2) is 6.45. The number of pyridine rings is 1. The minimum Gasteiger partial charge on any atom is -0.444 e. The van der Waals surface area contributed by atoms with Gasteiger partial charge in [0.2, 0.25) is 5.89 Å². The summed E-state index contributed by atoms with van der Waals surface area (Å²) in [4.78, 5) is 8.51. The largest absolute Gasteiger partial charge is 0.444 e. The summed E-state index contributed by atoms with van der Waals surface area (Å²) in [6, 6.07) is 1.98. The van der Waals surface area contributed by atoms with Crippen molar-refractivity contribution in [1.82, 2.24) is 15.3 Å². The third-order valence-corrected chi connectivity index (χ3v) is 3.52. The Morgan fingerprint density at radius 1 is 1.22 bits per heavy atom. The fourth-order valence-corrected chi connectivity index (χ4v) is 2.58. The number of hydrogen-bond donors (Lipinski definition) is 1. The Labute approximate surface area is 122 Å². The second-order valence-corrected chi connectivity index (χ2v) is 5.53. The molecule has 0 spiro atoms. The molecule has 18 heavy (non-hydrogen) atoms. The van der Waals surface area contributed by atoms with E-state index < -0.39 is 0 Å². The van der Waals surface area contributed by atoms with Gasteiger partial charge in [-0.25, -0.2) is 4.98 Å². The molecule has 2 rings (SSSR count). The van der Waals surface area contributed by atoms with Crippen molar-refractivity contribution in [2.24, 2.45) is 0 Å². The van der Waals surface area contributed by atoms with Crippen LogP contribution < -0.4 is 5.32 Å². The van der Waals surface area contributed by atoms with E-state index in [9.17, 15) is 0 Å². The molecule has 4 nitrogen and oxygen atoms in total. The van der Waals surface area contributed by atoms with Crippen LogP contribution in [0.1, 0.15) is 24.3 Å². The van der Waals surface area contributed by atoms with E-state index in [0.717, 1.165) is 26.8 Å². The van der Waals surface area contributed by atoms with Gasteiger partial charge in [0.1, 0.15) is 5.76 Å². The molecule has 1 N–H and O–H groups in total. The van der Waals surface area contributed by atoms with E-state index in [0.29, 0.717) is 19.0 Å². The highest BCUT2D eigenvalue weighted by Crippen LogP contribution is 2.19. The van der Waals surface area contributed by atoms with Gasteiger partial charge >= 0.3 is 0 Å². The molecule has 0 unspecified atom stereocenters. The van der Waals surface area contributed by atoms with Crippen LogP contribution in [0.15, 0.2) is 31.8 Å². The summed E-state index contributed by atoms with van der Waals surface area (Å²) in [5, 5.41) is 3.25. The number of aryl methyl sites for hydroxylation is 1. The van der Waals surface area contributed by atoms with Gasteiger partial charge in [-0.1, -0.05) is 6.92 Å². The molecular weight excluding hydrogens is 362 g/mol. The first-order valence-electron chi connectivity index (χ1n) is 5.63. The summed E-state index contributed by atoms with van der Waals surface area (Å²) in [6.07, 6.45) is 4.42. The molecule has 2 heterocycles. The summed E-state index contributed by atoms with van der Waals surface area (Å²) in [7, 11) is 0. The third-order valence-electron chi connectivity index (χ3n) is 2.40. The summed E-state index contributed by atoms with van der Waals surface area (Å²) in [5.74, 6) is 1.62. The number of oxazole rings is 1. The van der Waals surface area contributed by atoms with Crippen LogP contribution in [0.4, 0.5) is 0 Å². The Bertz CT molecular complexity index is 528. The first-order chi connectivity index (χ1) is 8.69. The Morgan fingerprint density at radius 3 is 2.72 bits per heavy atom. The van der Waals surface area contributed by atoms with Crippen molar-refractivity contribution in [2.75, 3.05) is 0 Å². The molecule has 0 fully saturated rings. The highest BCUT2D eigenvalue weighted by Gasteiger charge is 2.04. The second-order valence-electron chi connectivity index (χ2n) is 3.76. The fraction of sp³-hybridized carbons (Fsp3) is 0.333. The van der Waals surface area contributed by atoms with Gasteiger partial charge in [-0.2, -0.15) is 0 Å². The smallest absolute Gasteiger partial charge is 0.208 e. The normalized spacial score (nSPS) is 10.8. The van der Waals surface area contributed by atoms with Crippen molar-refractivity contribution >= 4 is 31.9 Å². The monoisotopic (exact) mass is 373 g/mol. The van der Waals surface area contributed by atoms with Crippen LogP contribution in [0.5, 0.6) is 0 Å². The van der Waals surface area contributed by atoms with Crippen LogP contribution >= 0.6 is 31.9 Å². The number of halogens is 2. The van der Waals surface area contributed by atoms with Gasteiger partial charge in [0, 0.05) is 28.1 Å². The van der Waals surface area contributed by atoms with Crippen molar-refractivity contribution in [2.45, 2.75) is 26.4 Å². The lowest BCUT2D eigenvalue weighted by Gasteiger charge is -2.04. The lowest BCUT2D eigenvalue weighted by atomic mass is 10.3. The lowest BCUT2D eigenvalue weighted by molar-refractivity contribution is 0.438.